The zero-order valence-corrected chi connectivity index (χ0v) is 14.0. The standard InChI is InChI=1S/C14H13IN2O2S/c1-8-3-4-10(7-11(8)15)17-14(19)12-5-6-13(20-12)16-9(2)18/h3-7H,1-2H3,(H,16,18)(H,17,19). The number of rotatable bonds is 3. The van der Waals surface area contributed by atoms with E-state index in [2.05, 4.69) is 33.2 Å². The minimum Gasteiger partial charge on any atom is -0.321 e. The largest absolute Gasteiger partial charge is 0.321 e. The van der Waals surface area contributed by atoms with Gasteiger partial charge in [-0.3, -0.25) is 9.59 Å². The van der Waals surface area contributed by atoms with E-state index in [9.17, 15) is 9.59 Å². The fourth-order valence-electron chi connectivity index (χ4n) is 1.56. The van der Waals surface area contributed by atoms with Crippen molar-refractivity contribution in [3.05, 3.63) is 44.3 Å². The van der Waals surface area contributed by atoms with Gasteiger partial charge in [0.15, 0.2) is 0 Å². The average molecular weight is 400 g/mol. The lowest BCUT2D eigenvalue weighted by Crippen LogP contribution is -2.10. The molecule has 0 unspecified atom stereocenters. The first-order valence-electron chi connectivity index (χ1n) is 5.90. The van der Waals surface area contributed by atoms with Crippen molar-refractivity contribution in [1.82, 2.24) is 0 Å². The molecule has 1 aromatic carbocycles. The Kier molecular flexibility index (Phi) is 4.77. The fraction of sp³-hybridized carbons (Fsp3) is 0.143. The van der Waals surface area contributed by atoms with E-state index in [1.165, 1.54) is 23.8 Å². The van der Waals surface area contributed by atoms with Gasteiger partial charge in [-0.15, -0.1) is 11.3 Å². The molecule has 2 N–H and O–H groups in total. The van der Waals surface area contributed by atoms with Crippen LogP contribution in [0.4, 0.5) is 10.7 Å². The van der Waals surface area contributed by atoms with E-state index in [1.807, 2.05) is 25.1 Å². The Morgan fingerprint density at radius 2 is 1.90 bits per heavy atom. The number of thiophene rings is 1. The Morgan fingerprint density at radius 3 is 2.55 bits per heavy atom. The lowest BCUT2D eigenvalue weighted by Gasteiger charge is -2.05. The maximum Gasteiger partial charge on any atom is 0.265 e. The van der Waals surface area contributed by atoms with Crippen LogP contribution in [0, 0.1) is 10.5 Å². The van der Waals surface area contributed by atoms with E-state index >= 15 is 0 Å². The van der Waals surface area contributed by atoms with Gasteiger partial charge in [0.2, 0.25) is 5.91 Å². The highest BCUT2D eigenvalue weighted by Crippen LogP contribution is 2.23. The minimum atomic E-state index is -0.175. The third-order valence-electron chi connectivity index (χ3n) is 2.56. The van der Waals surface area contributed by atoms with Gasteiger partial charge in [-0.1, -0.05) is 6.07 Å². The van der Waals surface area contributed by atoms with Crippen molar-refractivity contribution in [3.63, 3.8) is 0 Å². The van der Waals surface area contributed by atoms with Crippen molar-refractivity contribution in [1.29, 1.82) is 0 Å². The molecule has 1 heterocycles. The van der Waals surface area contributed by atoms with Gasteiger partial charge in [-0.25, -0.2) is 0 Å². The van der Waals surface area contributed by atoms with Crippen LogP contribution in [0.25, 0.3) is 0 Å². The minimum absolute atomic E-state index is 0.146. The molecule has 0 aliphatic rings. The van der Waals surface area contributed by atoms with Crippen molar-refractivity contribution in [3.8, 4) is 0 Å². The van der Waals surface area contributed by atoms with Gasteiger partial charge < -0.3 is 10.6 Å². The summed E-state index contributed by atoms with van der Waals surface area (Å²) in [6.07, 6.45) is 0. The van der Waals surface area contributed by atoms with E-state index in [0.29, 0.717) is 9.88 Å². The second-order valence-corrected chi connectivity index (χ2v) is 6.51. The highest BCUT2D eigenvalue weighted by atomic mass is 127. The van der Waals surface area contributed by atoms with Crippen molar-refractivity contribution in [2.45, 2.75) is 13.8 Å². The number of benzene rings is 1. The van der Waals surface area contributed by atoms with E-state index in [-0.39, 0.29) is 11.8 Å². The summed E-state index contributed by atoms with van der Waals surface area (Å²) in [6, 6.07) is 9.19. The summed E-state index contributed by atoms with van der Waals surface area (Å²) in [5.41, 5.74) is 1.94. The van der Waals surface area contributed by atoms with Crippen LogP contribution in [-0.4, -0.2) is 11.8 Å². The zero-order chi connectivity index (χ0) is 14.7. The van der Waals surface area contributed by atoms with Gasteiger partial charge in [0.05, 0.1) is 9.88 Å². The molecule has 1 aromatic heterocycles. The molecule has 20 heavy (non-hydrogen) atoms. The number of halogens is 1. The summed E-state index contributed by atoms with van der Waals surface area (Å²) in [5.74, 6) is -0.321. The summed E-state index contributed by atoms with van der Waals surface area (Å²) in [6.45, 7) is 3.46. The Hall–Kier alpha value is -1.41. The Labute approximate surface area is 134 Å². The van der Waals surface area contributed by atoms with Crippen LogP contribution in [0.5, 0.6) is 0 Å². The van der Waals surface area contributed by atoms with Gasteiger partial charge in [0.25, 0.3) is 5.91 Å². The molecule has 6 heteroatoms. The smallest absolute Gasteiger partial charge is 0.265 e. The van der Waals surface area contributed by atoms with Crippen LogP contribution in [0.2, 0.25) is 0 Å². The molecule has 2 rings (SSSR count). The molecule has 0 aliphatic heterocycles. The second kappa shape index (κ2) is 6.36. The number of carbonyl (C=O) groups is 2. The van der Waals surface area contributed by atoms with E-state index in [4.69, 9.17) is 0 Å². The molecule has 0 aliphatic carbocycles. The Morgan fingerprint density at radius 1 is 1.15 bits per heavy atom. The summed E-state index contributed by atoms with van der Waals surface area (Å²) in [7, 11) is 0. The van der Waals surface area contributed by atoms with Crippen molar-refractivity contribution >= 4 is 56.4 Å². The number of aryl methyl sites for hydroxylation is 1. The van der Waals surface area contributed by atoms with Crippen LogP contribution < -0.4 is 10.6 Å². The van der Waals surface area contributed by atoms with Crippen molar-refractivity contribution in [2.75, 3.05) is 10.6 Å². The molecule has 0 spiro atoms. The van der Waals surface area contributed by atoms with Crippen LogP contribution >= 0.6 is 33.9 Å². The predicted octanol–water partition coefficient (Wildman–Crippen LogP) is 3.87. The number of nitrogens with one attached hydrogen (secondary N) is 2. The number of hydrogen-bond donors (Lipinski definition) is 2. The van der Waals surface area contributed by atoms with Crippen molar-refractivity contribution in [2.24, 2.45) is 0 Å². The quantitative estimate of drug-likeness (QED) is 0.769. The van der Waals surface area contributed by atoms with Crippen LogP contribution in [0.3, 0.4) is 0 Å². The first kappa shape index (κ1) is 15.0. The summed E-state index contributed by atoms with van der Waals surface area (Å²) < 4.78 is 1.10. The maximum atomic E-state index is 12.1. The molecular weight excluding hydrogens is 387 g/mol. The predicted molar refractivity (Wildman–Crippen MR) is 90.5 cm³/mol. The van der Waals surface area contributed by atoms with Crippen LogP contribution in [-0.2, 0) is 4.79 Å². The van der Waals surface area contributed by atoms with E-state index in [1.54, 1.807) is 12.1 Å². The first-order chi connectivity index (χ1) is 9.45. The van der Waals surface area contributed by atoms with Gasteiger partial charge in [-0.05, 0) is 59.3 Å². The molecule has 0 saturated carbocycles. The molecule has 0 radical (unpaired) electrons. The first-order valence-corrected chi connectivity index (χ1v) is 7.80. The molecule has 104 valence electrons. The second-order valence-electron chi connectivity index (χ2n) is 4.26. The van der Waals surface area contributed by atoms with Gasteiger partial charge >= 0.3 is 0 Å². The molecule has 0 bridgehead atoms. The average Bonchev–Trinajstić information content (AvgIpc) is 2.81. The number of anilines is 2. The SMILES string of the molecule is CC(=O)Nc1ccc(C(=O)Nc2ccc(C)c(I)c2)s1. The zero-order valence-electron chi connectivity index (χ0n) is 11.0. The fourth-order valence-corrected chi connectivity index (χ4v) is 2.93. The molecule has 2 aromatic rings. The molecule has 0 fully saturated rings. The van der Waals surface area contributed by atoms with Crippen LogP contribution in [0.1, 0.15) is 22.2 Å². The topological polar surface area (TPSA) is 58.2 Å². The number of amides is 2. The van der Waals surface area contributed by atoms with E-state index in [0.717, 1.165) is 9.26 Å². The summed E-state index contributed by atoms with van der Waals surface area (Å²) in [4.78, 5) is 23.6. The Bertz CT molecular complexity index is 667. The third kappa shape index (κ3) is 3.80. The van der Waals surface area contributed by atoms with Crippen LogP contribution in [0.15, 0.2) is 30.3 Å². The highest BCUT2D eigenvalue weighted by Gasteiger charge is 2.10. The van der Waals surface area contributed by atoms with Crippen molar-refractivity contribution < 1.29 is 9.59 Å². The molecule has 4 nitrogen and oxygen atoms in total. The third-order valence-corrected chi connectivity index (χ3v) is 4.72. The number of hydrogen-bond acceptors (Lipinski definition) is 3. The molecule has 0 atom stereocenters. The van der Waals surface area contributed by atoms with E-state index < -0.39 is 0 Å². The normalized spacial score (nSPS) is 10.2. The maximum absolute atomic E-state index is 12.1. The molecule has 0 saturated heterocycles. The molecular formula is C14H13IN2O2S. The Balaban J connectivity index is 2.09. The van der Waals surface area contributed by atoms with Gasteiger partial charge in [0.1, 0.15) is 0 Å². The number of carbonyl (C=O) groups excluding carboxylic acids is 2. The monoisotopic (exact) mass is 400 g/mol. The lowest BCUT2D eigenvalue weighted by molar-refractivity contribution is -0.114. The molecule has 2 amide bonds. The highest BCUT2D eigenvalue weighted by molar-refractivity contribution is 14.1. The summed E-state index contributed by atoms with van der Waals surface area (Å²) >= 11 is 3.48. The van der Waals surface area contributed by atoms with Gasteiger partial charge in [-0.2, -0.15) is 0 Å². The lowest BCUT2D eigenvalue weighted by atomic mass is 10.2. The van der Waals surface area contributed by atoms with Gasteiger partial charge in [0, 0.05) is 16.2 Å². The summed E-state index contributed by atoms with van der Waals surface area (Å²) in [5, 5.41) is 6.17.